The average molecular weight is 275 g/mol. The molecule has 2 fully saturated rings. The summed E-state index contributed by atoms with van der Waals surface area (Å²) in [5.41, 5.74) is 5.12. The Hall–Kier alpha value is -0.730. The van der Waals surface area contributed by atoms with Gasteiger partial charge in [0.25, 0.3) is 0 Å². The highest BCUT2D eigenvalue weighted by Gasteiger charge is 2.52. The second kappa shape index (κ2) is 4.68. The summed E-state index contributed by atoms with van der Waals surface area (Å²) in [7, 11) is 0. The summed E-state index contributed by atoms with van der Waals surface area (Å²) >= 11 is 0. The summed E-state index contributed by atoms with van der Waals surface area (Å²) in [6.45, 7) is 7.28. The number of ether oxygens (including phenoxy) is 4. The maximum absolute atomic E-state index is 11.1. The summed E-state index contributed by atoms with van der Waals surface area (Å²) < 4.78 is 22.4. The van der Waals surface area contributed by atoms with Gasteiger partial charge in [0.15, 0.2) is 17.7 Å². The zero-order valence-corrected chi connectivity index (χ0v) is 11.6. The first kappa shape index (κ1) is 14.7. The number of carbonyl (C=O) groups is 1. The molecule has 0 aromatic heterocycles. The molecule has 4 unspecified atom stereocenters. The van der Waals surface area contributed by atoms with Gasteiger partial charge in [-0.1, -0.05) is 0 Å². The van der Waals surface area contributed by atoms with Crippen molar-refractivity contribution < 1.29 is 28.8 Å². The molecule has 2 rings (SSSR count). The maximum Gasteiger partial charge on any atom is 0.249 e. The molecule has 0 spiro atoms. The lowest BCUT2D eigenvalue weighted by Crippen LogP contribution is -2.48. The van der Waals surface area contributed by atoms with Crippen LogP contribution in [0, 0.1) is 0 Å². The molecule has 0 aromatic rings. The van der Waals surface area contributed by atoms with Gasteiger partial charge in [0.2, 0.25) is 5.91 Å². The molecule has 3 N–H and O–H groups in total. The van der Waals surface area contributed by atoms with Gasteiger partial charge in [0.05, 0.1) is 6.61 Å². The van der Waals surface area contributed by atoms with Crippen LogP contribution >= 0.6 is 0 Å². The molecule has 1 amide bonds. The Labute approximate surface area is 111 Å². The highest BCUT2D eigenvalue weighted by molar-refractivity contribution is 5.79. The van der Waals surface area contributed by atoms with Crippen LogP contribution in [0.25, 0.3) is 0 Å². The smallest absolute Gasteiger partial charge is 0.249 e. The van der Waals surface area contributed by atoms with Crippen LogP contribution in [-0.4, -0.2) is 53.6 Å². The molecule has 110 valence electrons. The van der Waals surface area contributed by atoms with E-state index in [0.717, 1.165) is 0 Å². The van der Waals surface area contributed by atoms with Crippen molar-refractivity contribution in [1.29, 1.82) is 0 Å². The SMILES string of the molecule is CC1(C)OCC(C2OC(C)(C)OC2C(O)C(N)=O)O1. The van der Waals surface area contributed by atoms with E-state index in [9.17, 15) is 9.90 Å². The molecule has 0 bridgehead atoms. The molecule has 7 heteroatoms. The first-order valence-electron chi connectivity index (χ1n) is 6.26. The predicted molar refractivity (Wildman–Crippen MR) is 63.9 cm³/mol. The van der Waals surface area contributed by atoms with Gasteiger partial charge < -0.3 is 29.8 Å². The number of amides is 1. The van der Waals surface area contributed by atoms with Crippen LogP contribution in [-0.2, 0) is 23.7 Å². The predicted octanol–water partition coefficient (Wildman–Crippen LogP) is -0.496. The number of hydrogen-bond donors (Lipinski definition) is 2. The number of aliphatic hydroxyl groups excluding tert-OH is 1. The molecule has 0 saturated carbocycles. The summed E-state index contributed by atoms with van der Waals surface area (Å²) in [5.74, 6) is -2.49. The lowest BCUT2D eigenvalue weighted by atomic mass is 10.0. The molecule has 0 aliphatic carbocycles. The van der Waals surface area contributed by atoms with Crippen LogP contribution in [0.3, 0.4) is 0 Å². The Balaban J connectivity index is 2.15. The topological polar surface area (TPSA) is 100 Å². The fourth-order valence-corrected chi connectivity index (χ4v) is 2.39. The number of primary amides is 1. The molecule has 2 heterocycles. The minimum atomic E-state index is -1.45. The first-order valence-corrected chi connectivity index (χ1v) is 6.26. The van der Waals surface area contributed by atoms with Crippen LogP contribution in [0.4, 0.5) is 0 Å². The number of nitrogens with two attached hydrogens (primary N) is 1. The second-order valence-electron chi connectivity index (χ2n) is 5.78. The Morgan fingerprint density at radius 2 is 1.84 bits per heavy atom. The van der Waals surface area contributed by atoms with Crippen molar-refractivity contribution in [3.05, 3.63) is 0 Å². The lowest BCUT2D eigenvalue weighted by Gasteiger charge is -2.25. The highest BCUT2D eigenvalue weighted by atomic mass is 16.8. The third-order valence-corrected chi connectivity index (χ3v) is 3.16. The molecule has 2 saturated heterocycles. The molecule has 4 atom stereocenters. The van der Waals surface area contributed by atoms with Crippen molar-refractivity contribution >= 4 is 5.91 Å². The largest absolute Gasteiger partial charge is 0.380 e. The first-order chi connectivity index (χ1) is 8.61. The van der Waals surface area contributed by atoms with Crippen molar-refractivity contribution in [1.82, 2.24) is 0 Å². The second-order valence-corrected chi connectivity index (χ2v) is 5.78. The molecule has 19 heavy (non-hydrogen) atoms. The van der Waals surface area contributed by atoms with Crippen LogP contribution in [0.15, 0.2) is 0 Å². The quantitative estimate of drug-likeness (QED) is 0.720. The van der Waals surface area contributed by atoms with E-state index < -0.39 is 41.9 Å². The normalized spacial score (nSPS) is 38.3. The fourth-order valence-electron chi connectivity index (χ4n) is 2.39. The summed E-state index contributed by atoms with van der Waals surface area (Å²) in [6, 6.07) is 0. The zero-order valence-electron chi connectivity index (χ0n) is 11.6. The molecule has 0 aromatic carbocycles. The monoisotopic (exact) mass is 275 g/mol. The fraction of sp³-hybridized carbons (Fsp3) is 0.917. The van der Waals surface area contributed by atoms with Crippen LogP contribution < -0.4 is 5.73 Å². The van der Waals surface area contributed by atoms with Gasteiger partial charge in [-0.25, -0.2) is 0 Å². The van der Waals surface area contributed by atoms with E-state index in [0.29, 0.717) is 6.61 Å². The average Bonchev–Trinajstić information content (AvgIpc) is 2.77. The zero-order chi connectivity index (χ0) is 14.4. The van der Waals surface area contributed by atoms with Crippen LogP contribution in [0.5, 0.6) is 0 Å². The van der Waals surface area contributed by atoms with Gasteiger partial charge in [0, 0.05) is 0 Å². The van der Waals surface area contributed by atoms with Gasteiger partial charge in [-0.15, -0.1) is 0 Å². The van der Waals surface area contributed by atoms with Crippen molar-refractivity contribution in [3.8, 4) is 0 Å². The van der Waals surface area contributed by atoms with Gasteiger partial charge in [0.1, 0.15) is 18.3 Å². The van der Waals surface area contributed by atoms with Crippen LogP contribution in [0.2, 0.25) is 0 Å². The molecule has 7 nitrogen and oxygen atoms in total. The van der Waals surface area contributed by atoms with Crippen molar-refractivity contribution in [3.63, 3.8) is 0 Å². The van der Waals surface area contributed by atoms with E-state index in [1.165, 1.54) is 0 Å². The van der Waals surface area contributed by atoms with E-state index >= 15 is 0 Å². The molecule has 2 aliphatic heterocycles. The molecule has 0 radical (unpaired) electrons. The highest BCUT2D eigenvalue weighted by Crippen LogP contribution is 2.36. The minimum absolute atomic E-state index is 0.305. The van der Waals surface area contributed by atoms with Gasteiger partial charge in [-0.3, -0.25) is 4.79 Å². The third-order valence-electron chi connectivity index (χ3n) is 3.16. The lowest BCUT2D eigenvalue weighted by molar-refractivity contribution is -0.175. The molecule has 2 aliphatic rings. The van der Waals surface area contributed by atoms with Crippen molar-refractivity contribution in [2.24, 2.45) is 5.73 Å². The van der Waals surface area contributed by atoms with E-state index in [2.05, 4.69) is 0 Å². The number of hydrogen-bond acceptors (Lipinski definition) is 6. The Morgan fingerprint density at radius 3 is 2.32 bits per heavy atom. The Kier molecular flexibility index (Phi) is 3.61. The maximum atomic E-state index is 11.1. The van der Waals surface area contributed by atoms with E-state index in [1.807, 2.05) is 0 Å². The Morgan fingerprint density at radius 1 is 1.21 bits per heavy atom. The summed E-state index contributed by atoms with van der Waals surface area (Å²) in [6.07, 6.45) is -3.34. The molecular formula is C12H21NO6. The van der Waals surface area contributed by atoms with Crippen LogP contribution in [0.1, 0.15) is 27.7 Å². The van der Waals surface area contributed by atoms with Gasteiger partial charge in [-0.05, 0) is 27.7 Å². The standard InChI is InChI=1S/C12H21NO6/c1-11(2)16-5-6(17-11)8-9(7(14)10(13)15)19-12(3,4)18-8/h6-9,14H,5H2,1-4H3,(H2,13,15). The number of aliphatic hydroxyl groups is 1. The molecular weight excluding hydrogens is 254 g/mol. The number of carbonyl (C=O) groups excluding carboxylic acids is 1. The third kappa shape index (κ3) is 3.06. The summed E-state index contributed by atoms with van der Waals surface area (Å²) in [5, 5.41) is 9.84. The number of rotatable bonds is 3. The van der Waals surface area contributed by atoms with Crippen molar-refractivity contribution in [2.45, 2.75) is 63.7 Å². The van der Waals surface area contributed by atoms with E-state index in [4.69, 9.17) is 24.7 Å². The minimum Gasteiger partial charge on any atom is -0.380 e. The van der Waals surface area contributed by atoms with Gasteiger partial charge >= 0.3 is 0 Å². The van der Waals surface area contributed by atoms with Gasteiger partial charge in [-0.2, -0.15) is 0 Å². The summed E-state index contributed by atoms with van der Waals surface area (Å²) in [4.78, 5) is 11.1. The van der Waals surface area contributed by atoms with E-state index in [-0.39, 0.29) is 0 Å². The van der Waals surface area contributed by atoms with Crippen molar-refractivity contribution in [2.75, 3.05) is 6.61 Å². The van der Waals surface area contributed by atoms with E-state index in [1.54, 1.807) is 27.7 Å². The Bertz CT molecular complexity index is 369.